The molecular weight excluding hydrogens is 326 g/mol. The SMILES string of the molecule is Cc1nnc(SCC(=O)N[C@H](C)C23CC4CC(CC(C4)C2)C3)s1. The van der Waals surface area contributed by atoms with Gasteiger partial charge >= 0.3 is 0 Å². The zero-order valence-electron chi connectivity index (χ0n) is 13.9. The van der Waals surface area contributed by atoms with E-state index < -0.39 is 0 Å². The molecule has 1 amide bonds. The molecule has 4 aliphatic rings. The first-order chi connectivity index (χ1) is 11.0. The molecule has 4 saturated carbocycles. The van der Waals surface area contributed by atoms with E-state index in [-0.39, 0.29) is 5.91 Å². The largest absolute Gasteiger partial charge is 0.352 e. The summed E-state index contributed by atoms with van der Waals surface area (Å²) in [6.07, 6.45) is 8.36. The van der Waals surface area contributed by atoms with Crippen LogP contribution in [-0.2, 0) is 4.79 Å². The molecule has 1 N–H and O–H groups in total. The van der Waals surface area contributed by atoms with E-state index >= 15 is 0 Å². The molecule has 0 radical (unpaired) electrons. The summed E-state index contributed by atoms with van der Waals surface area (Å²) < 4.78 is 0.889. The number of carbonyl (C=O) groups excluding carboxylic acids is 1. The second-order valence-electron chi connectivity index (χ2n) is 7.94. The van der Waals surface area contributed by atoms with E-state index in [1.165, 1.54) is 50.3 Å². The molecule has 0 unspecified atom stereocenters. The van der Waals surface area contributed by atoms with Crippen molar-refractivity contribution in [1.82, 2.24) is 15.5 Å². The molecule has 1 heterocycles. The van der Waals surface area contributed by atoms with Gasteiger partial charge in [0.1, 0.15) is 5.01 Å². The maximum atomic E-state index is 12.4. The molecule has 0 saturated heterocycles. The van der Waals surface area contributed by atoms with Crippen molar-refractivity contribution < 1.29 is 4.79 Å². The summed E-state index contributed by atoms with van der Waals surface area (Å²) in [7, 11) is 0. The fourth-order valence-corrected chi connectivity index (χ4v) is 7.23. The standard InChI is InChI=1S/C17H25N3OS2/c1-10(18-15(21)9-22-16-20-19-11(2)23-16)17-6-12-3-13(7-17)5-14(4-12)8-17/h10,12-14H,3-9H2,1-2H3,(H,18,21)/t10-,12?,13?,14?,17?/m1/s1. The molecule has 1 aromatic rings. The van der Waals surface area contributed by atoms with E-state index in [4.69, 9.17) is 0 Å². The van der Waals surface area contributed by atoms with Gasteiger partial charge in [-0.2, -0.15) is 0 Å². The van der Waals surface area contributed by atoms with E-state index in [9.17, 15) is 4.79 Å². The molecule has 23 heavy (non-hydrogen) atoms. The molecule has 4 aliphatic carbocycles. The van der Waals surface area contributed by atoms with Crippen LogP contribution in [0.15, 0.2) is 4.34 Å². The Morgan fingerprint density at radius 1 is 1.26 bits per heavy atom. The first-order valence-corrected chi connectivity index (χ1v) is 10.5. The molecule has 1 aromatic heterocycles. The van der Waals surface area contributed by atoms with Crippen LogP contribution in [0.25, 0.3) is 0 Å². The summed E-state index contributed by atoms with van der Waals surface area (Å²) in [4.78, 5) is 12.4. The van der Waals surface area contributed by atoms with Crippen molar-refractivity contribution >= 4 is 29.0 Å². The van der Waals surface area contributed by atoms with Gasteiger partial charge in [0, 0.05) is 6.04 Å². The van der Waals surface area contributed by atoms with Crippen molar-refractivity contribution in [2.75, 3.05) is 5.75 Å². The average Bonchev–Trinajstić information content (AvgIpc) is 2.89. The zero-order valence-corrected chi connectivity index (χ0v) is 15.5. The highest BCUT2D eigenvalue weighted by Gasteiger charge is 2.53. The van der Waals surface area contributed by atoms with Gasteiger partial charge in [0.15, 0.2) is 4.34 Å². The van der Waals surface area contributed by atoms with E-state index in [1.807, 2.05) is 6.92 Å². The molecule has 4 nitrogen and oxygen atoms in total. The van der Waals surface area contributed by atoms with Gasteiger partial charge < -0.3 is 5.32 Å². The first kappa shape index (κ1) is 15.9. The van der Waals surface area contributed by atoms with Crippen molar-refractivity contribution in [3.63, 3.8) is 0 Å². The third kappa shape index (κ3) is 3.16. The van der Waals surface area contributed by atoms with Crippen molar-refractivity contribution in [2.45, 2.75) is 62.8 Å². The lowest BCUT2D eigenvalue weighted by molar-refractivity contribution is -0.123. The van der Waals surface area contributed by atoms with Gasteiger partial charge in [-0.15, -0.1) is 10.2 Å². The van der Waals surface area contributed by atoms with Crippen molar-refractivity contribution in [3.05, 3.63) is 5.01 Å². The second kappa shape index (κ2) is 6.03. The highest BCUT2D eigenvalue weighted by atomic mass is 32.2. The molecule has 126 valence electrons. The van der Waals surface area contributed by atoms with Gasteiger partial charge in [0.2, 0.25) is 5.91 Å². The minimum absolute atomic E-state index is 0.145. The number of nitrogens with one attached hydrogen (secondary N) is 1. The number of thioether (sulfide) groups is 1. The van der Waals surface area contributed by atoms with Crippen LogP contribution in [0, 0.1) is 30.1 Å². The molecule has 4 bridgehead atoms. The Balaban J connectivity index is 1.34. The van der Waals surface area contributed by atoms with Gasteiger partial charge in [-0.3, -0.25) is 4.79 Å². The summed E-state index contributed by atoms with van der Waals surface area (Å²) in [6.45, 7) is 4.18. The molecule has 1 atom stereocenters. The Morgan fingerprint density at radius 3 is 2.39 bits per heavy atom. The monoisotopic (exact) mass is 351 g/mol. The lowest BCUT2D eigenvalue weighted by Crippen LogP contribution is -2.56. The third-order valence-corrected chi connectivity index (χ3v) is 8.19. The van der Waals surface area contributed by atoms with Gasteiger partial charge in [-0.25, -0.2) is 0 Å². The van der Waals surface area contributed by atoms with E-state index in [2.05, 4.69) is 22.4 Å². The van der Waals surface area contributed by atoms with Crippen LogP contribution in [0.5, 0.6) is 0 Å². The van der Waals surface area contributed by atoms with E-state index in [1.54, 1.807) is 11.3 Å². The van der Waals surface area contributed by atoms with Crippen LogP contribution < -0.4 is 5.32 Å². The molecule has 0 spiro atoms. The predicted molar refractivity (Wildman–Crippen MR) is 93.6 cm³/mol. The number of carbonyl (C=O) groups is 1. The highest BCUT2D eigenvalue weighted by Crippen LogP contribution is 2.61. The lowest BCUT2D eigenvalue weighted by Gasteiger charge is -2.59. The van der Waals surface area contributed by atoms with Crippen molar-refractivity contribution in [3.8, 4) is 0 Å². The first-order valence-electron chi connectivity index (χ1n) is 8.75. The van der Waals surface area contributed by atoms with Crippen LogP contribution in [0.4, 0.5) is 0 Å². The number of nitrogens with zero attached hydrogens (tertiary/aromatic N) is 2. The molecule has 4 fully saturated rings. The molecule has 5 rings (SSSR count). The summed E-state index contributed by atoms with van der Waals surface area (Å²) in [5.74, 6) is 3.38. The van der Waals surface area contributed by atoms with Crippen molar-refractivity contribution in [1.29, 1.82) is 0 Å². The number of hydrogen-bond donors (Lipinski definition) is 1. The quantitative estimate of drug-likeness (QED) is 0.823. The Morgan fingerprint density at radius 2 is 1.87 bits per heavy atom. The molecular formula is C17H25N3OS2. The van der Waals surface area contributed by atoms with Crippen LogP contribution >= 0.6 is 23.1 Å². The maximum absolute atomic E-state index is 12.4. The van der Waals surface area contributed by atoms with Crippen molar-refractivity contribution in [2.24, 2.45) is 23.2 Å². The summed E-state index contributed by atoms with van der Waals surface area (Å²) in [6, 6.07) is 0.306. The summed E-state index contributed by atoms with van der Waals surface area (Å²) in [5.41, 5.74) is 0.383. The normalized spacial score (nSPS) is 36.2. The number of hydrogen-bond acceptors (Lipinski definition) is 5. The molecule has 0 aromatic carbocycles. The van der Waals surface area contributed by atoms with Crippen LogP contribution in [0.3, 0.4) is 0 Å². The van der Waals surface area contributed by atoms with Crippen LogP contribution in [0.2, 0.25) is 0 Å². The average molecular weight is 352 g/mol. The number of rotatable bonds is 5. The van der Waals surface area contributed by atoms with E-state index in [0.717, 1.165) is 27.1 Å². The Bertz CT molecular complexity index is 565. The maximum Gasteiger partial charge on any atom is 0.230 e. The van der Waals surface area contributed by atoms with Gasteiger partial charge in [0.05, 0.1) is 5.75 Å². The Kier molecular flexibility index (Phi) is 4.16. The number of aryl methyl sites for hydroxylation is 1. The fraction of sp³-hybridized carbons (Fsp3) is 0.824. The van der Waals surface area contributed by atoms with Crippen LogP contribution in [0.1, 0.15) is 50.5 Å². The van der Waals surface area contributed by atoms with E-state index in [0.29, 0.717) is 17.2 Å². The third-order valence-electron chi connectivity index (χ3n) is 6.22. The summed E-state index contributed by atoms with van der Waals surface area (Å²) in [5, 5.41) is 12.3. The topological polar surface area (TPSA) is 54.9 Å². The Hall–Kier alpha value is -0.620. The molecule has 6 heteroatoms. The second-order valence-corrected chi connectivity index (χ2v) is 10.3. The minimum atomic E-state index is 0.145. The predicted octanol–water partition coefficient (Wildman–Crippen LogP) is 3.66. The zero-order chi connectivity index (χ0) is 16.0. The van der Waals surface area contributed by atoms with Gasteiger partial charge in [-0.05, 0) is 75.5 Å². The lowest BCUT2D eigenvalue weighted by atomic mass is 9.48. The highest BCUT2D eigenvalue weighted by molar-refractivity contribution is 8.01. The molecule has 0 aliphatic heterocycles. The smallest absolute Gasteiger partial charge is 0.230 e. The number of amides is 1. The van der Waals surface area contributed by atoms with Gasteiger partial charge in [-0.1, -0.05) is 23.1 Å². The summed E-state index contributed by atoms with van der Waals surface area (Å²) >= 11 is 3.06. The van der Waals surface area contributed by atoms with Gasteiger partial charge in [0.25, 0.3) is 0 Å². The van der Waals surface area contributed by atoms with Crippen LogP contribution in [-0.4, -0.2) is 27.9 Å². The Labute approximate surface area is 146 Å². The number of aromatic nitrogens is 2. The fourth-order valence-electron chi connectivity index (χ4n) is 5.61. The minimum Gasteiger partial charge on any atom is -0.352 e.